The van der Waals surface area contributed by atoms with E-state index in [2.05, 4.69) is 5.32 Å². The van der Waals surface area contributed by atoms with Gasteiger partial charge in [-0.2, -0.15) is 0 Å². The van der Waals surface area contributed by atoms with E-state index in [9.17, 15) is 27.5 Å². The number of benzene rings is 1. The van der Waals surface area contributed by atoms with Crippen LogP contribution >= 0.6 is 0 Å². The normalized spacial score (nSPS) is 19.3. The van der Waals surface area contributed by atoms with Gasteiger partial charge in [-0.15, -0.1) is 0 Å². The van der Waals surface area contributed by atoms with Crippen LogP contribution in [0.25, 0.3) is 0 Å². The van der Waals surface area contributed by atoms with Gasteiger partial charge < -0.3 is 10.4 Å². The van der Waals surface area contributed by atoms with Crippen molar-refractivity contribution in [3.8, 4) is 0 Å². The van der Waals surface area contributed by atoms with Crippen molar-refractivity contribution >= 4 is 27.8 Å². The van der Waals surface area contributed by atoms with E-state index in [1.54, 1.807) is 0 Å². The summed E-state index contributed by atoms with van der Waals surface area (Å²) in [6.45, 7) is 13.2. The maximum atomic E-state index is 14.1. The molecular weight excluding hydrogens is 461 g/mol. The Kier molecular flexibility index (Phi) is 8.07. The van der Waals surface area contributed by atoms with Gasteiger partial charge in [-0.3, -0.25) is 4.90 Å². The van der Waals surface area contributed by atoms with Crippen LogP contribution in [0.15, 0.2) is 23.6 Å². The first-order valence-electron chi connectivity index (χ1n) is 11.4. The fourth-order valence-corrected chi connectivity index (χ4v) is 5.30. The number of likely N-dealkylation sites (tertiary alicyclic amines) is 1. The average molecular weight is 498 g/mol. The SMILES string of the molecule is CC(C)c1cc(F)cc(C(C)C)c1NC(=O)NS(=O)(=O)C=CC1(C(C)(C)C)CCCN1C(=O)O. The van der Waals surface area contributed by atoms with E-state index in [4.69, 9.17) is 0 Å². The van der Waals surface area contributed by atoms with E-state index < -0.39 is 38.9 Å². The molecule has 0 aromatic heterocycles. The molecule has 1 fully saturated rings. The van der Waals surface area contributed by atoms with Crippen LogP contribution in [0, 0.1) is 11.2 Å². The fourth-order valence-electron chi connectivity index (χ4n) is 4.52. The van der Waals surface area contributed by atoms with Crippen molar-refractivity contribution in [1.82, 2.24) is 9.62 Å². The highest BCUT2D eigenvalue weighted by Crippen LogP contribution is 2.45. The lowest BCUT2D eigenvalue weighted by Gasteiger charge is -2.45. The summed E-state index contributed by atoms with van der Waals surface area (Å²) >= 11 is 0. The number of hydrogen-bond donors (Lipinski definition) is 3. The Labute approximate surface area is 201 Å². The number of urea groups is 1. The number of hydrogen-bond acceptors (Lipinski definition) is 4. The van der Waals surface area contributed by atoms with Crippen molar-refractivity contribution in [3.63, 3.8) is 0 Å². The van der Waals surface area contributed by atoms with Crippen LogP contribution in [0.4, 0.5) is 19.7 Å². The molecular formula is C24H36FN3O5S. The molecule has 0 bridgehead atoms. The predicted molar refractivity (Wildman–Crippen MR) is 131 cm³/mol. The molecule has 3 N–H and O–H groups in total. The number of carboxylic acid groups (broad SMARTS) is 1. The Balaban J connectivity index is 2.34. The van der Waals surface area contributed by atoms with Crippen molar-refractivity contribution in [2.45, 2.75) is 78.7 Å². The summed E-state index contributed by atoms with van der Waals surface area (Å²) in [5.74, 6) is -0.659. The smallest absolute Gasteiger partial charge is 0.408 e. The van der Waals surface area contributed by atoms with Gasteiger partial charge >= 0.3 is 12.1 Å². The summed E-state index contributed by atoms with van der Waals surface area (Å²) in [7, 11) is -4.25. The lowest BCUT2D eigenvalue weighted by atomic mass is 9.72. The Hall–Kier alpha value is -2.62. The van der Waals surface area contributed by atoms with Crippen molar-refractivity contribution in [2.24, 2.45) is 5.41 Å². The molecule has 1 saturated heterocycles. The number of amides is 3. The third kappa shape index (κ3) is 5.89. The molecule has 0 spiro atoms. The highest BCUT2D eigenvalue weighted by molar-refractivity contribution is 7.92. The van der Waals surface area contributed by atoms with Gasteiger partial charge in [0, 0.05) is 17.6 Å². The molecule has 1 atom stereocenters. The van der Waals surface area contributed by atoms with Gasteiger partial charge in [0.15, 0.2) is 0 Å². The van der Waals surface area contributed by atoms with E-state index in [0.717, 1.165) is 5.41 Å². The minimum Gasteiger partial charge on any atom is -0.465 e. The number of nitrogens with zero attached hydrogens (tertiary/aromatic N) is 1. The first-order chi connectivity index (χ1) is 15.5. The van der Waals surface area contributed by atoms with Gasteiger partial charge in [0.25, 0.3) is 10.0 Å². The van der Waals surface area contributed by atoms with Crippen LogP contribution in [-0.2, 0) is 10.0 Å². The van der Waals surface area contributed by atoms with E-state index in [1.807, 2.05) is 53.2 Å². The number of rotatable bonds is 6. The third-order valence-corrected chi connectivity index (χ3v) is 7.32. The minimum absolute atomic E-state index is 0.115. The summed E-state index contributed by atoms with van der Waals surface area (Å²) in [4.78, 5) is 25.7. The highest BCUT2D eigenvalue weighted by atomic mass is 32.2. The molecule has 0 aliphatic carbocycles. The predicted octanol–water partition coefficient (Wildman–Crippen LogP) is 5.60. The summed E-state index contributed by atoms with van der Waals surface area (Å²) in [6, 6.07) is 1.68. The Bertz CT molecular complexity index is 1050. The summed E-state index contributed by atoms with van der Waals surface area (Å²) in [5.41, 5.74) is -0.121. The molecule has 8 nitrogen and oxygen atoms in total. The molecule has 0 saturated carbocycles. The molecule has 190 valence electrons. The molecule has 0 radical (unpaired) electrons. The second kappa shape index (κ2) is 9.93. The van der Waals surface area contributed by atoms with Crippen LogP contribution in [0.5, 0.6) is 0 Å². The monoisotopic (exact) mass is 497 g/mol. The molecule has 1 aromatic rings. The molecule has 1 aliphatic heterocycles. The highest BCUT2D eigenvalue weighted by Gasteiger charge is 2.50. The van der Waals surface area contributed by atoms with Crippen molar-refractivity contribution in [2.75, 3.05) is 11.9 Å². The fraction of sp³-hybridized carbons (Fsp3) is 0.583. The van der Waals surface area contributed by atoms with Gasteiger partial charge in [0.2, 0.25) is 0 Å². The van der Waals surface area contributed by atoms with Crippen LogP contribution in [0.1, 0.15) is 84.3 Å². The number of anilines is 1. The lowest BCUT2D eigenvalue weighted by molar-refractivity contribution is 0.0642. The third-order valence-electron chi connectivity index (χ3n) is 6.36. The maximum absolute atomic E-state index is 14.1. The lowest BCUT2D eigenvalue weighted by Crippen LogP contribution is -2.54. The number of sulfonamides is 1. The van der Waals surface area contributed by atoms with Crippen LogP contribution in [0.2, 0.25) is 0 Å². The van der Waals surface area contributed by atoms with Crippen molar-refractivity contribution < 1.29 is 27.5 Å². The van der Waals surface area contributed by atoms with E-state index >= 15 is 0 Å². The first kappa shape index (κ1) is 27.6. The van der Waals surface area contributed by atoms with Gasteiger partial charge in [-0.25, -0.2) is 27.1 Å². The molecule has 1 aliphatic rings. The first-order valence-corrected chi connectivity index (χ1v) is 12.9. The molecule has 1 unspecified atom stereocenters. The Morgan fingerprint density at radius 2 is 1.68 bits per heavy atom. The molecule has 10 heteroatoms. The summed E-state index contributed by atoms with van der Waals surface area (Å²) < 4.78 is 41.6. The Morgan fingerprint density at radius 3 is 2.12 bits per heavy atom. The zero-order chi connectivity index (χ0) is 26.1. The molecule has 3 amide bonds. The van der Waals surface area contributed by atoms with Gasteiger partial charge in [0.1, 0.15) is 5.82 Å². The van der Waals surface area contributed by atoms with E-state index in [0.29, 0.717) is 36.2 Å². The maximum Gasteiger partial charge on any atom is 0.408 e. The number of nitrogens with one attached hydrogen (secondary N) is 2. The summed E-state index contributed by atoms with van der Waals surface area (Å²) in [6.07, 6.45) is 1.30. The van der Waals surface area contributed by atoms with Gasteiger partial charge in [-0.1, -0.05) is 48.5 Å². The molecule has 2 rings (SSSR count). The van der Waals surface area contributed by atoms with Crippen molar-refractivity contribution in [3.05, 3.63) is 40.6 Å². The van der Waals surface area contributed by atoms with Gasteiger partial charge in [-0.05, 0) is 59.4 Å². The van der Waals surface area contributed by atoms with E-state index in [-0.39, 0.29) is 11.8 Å². The van der Waals surface area contributed by atoms with Gasteiger partial charge in [0.05, 0.1) is 5.54 Å². The largest absolute Gasteiger partial charge is 0.465 e. The second-order valence-corrected chi connectivity index (χ2v) is 12.0. The zero-order valence-electron chi connectivity index (χ0n) is 20.9. The standard InChI is InChI=1S/C24H36FN3O5S/c1-15(2)18-13-17(25)14-19(16(3)4)20(18)26-21(29)27-34(32,33)12-10-24(23(5,6)7)9-8-11-28(24)22(30)31/h10,12-16H,8-9,11H2,1-7H3,(H,30,31)(H2,26,27,29). The Morgan fingerprint density at radius 1 is 1.15 bits per heavy atom. The van der Waals surface area contributed by atoms with Crippen LogP contribution in [0.3, 0.4) is 0 Å². The second-order valence-electron chi connectivity index (χ2n) is 10.4. The quantitative estimate of drug-likeness (QED) is 0.473. The number of halogens is 1. The van der Waals surface area contributed by atoms with E-state index in [1.165, 1.54) is 23.1 Å². The minimum atomic E-state index is -4.25. The summed E-state index contributed by atoms with van der Waals surface area (Å²) in [5, 5.41) is 13.1. The average Bonchev–Trinajstić information content (AvgIpc) is 3.12. The number of carbonyl (C=O) groups is 2. The zero-order valence-corrected chi connectivity index (χ0v) is 21.7. The number of carbonyl (C=O) groups excluding carboxylic acids is 1. The molecule has 1 heterocycles. The van der Waals surface area contributed by atoms with Crippen molar-refractivity contribution in [1.29, 1.82) is 0 Å². The topological polar surface area (TPSA) is 116 Å². The van der Waals surface area contributed by atoms with Crippen LogP contribution in [-0.4, -0.2) is 42.6 Å². The van der Waals surface area contributed by atoms with Crippen LogP contribution < -0.4 is 10.0 Å². The molecule has 1 aromatic carbocycles. The molecule has 34 heavy (non-hydrogen) atoms.